The molecule has 166 valence electrons. The van der Waals surface area contributed by atoms with Gasteiger partial charge in [0, 0.05) is 49.8 Å². The van der Waals surface area contributed by atoms with E-state index in [1.807, 2.05) is 19.2 Å². The van der Waals surface area contributed by atoms with E-state index < -0.39 is 0 Å². The van der Waals surface area contributed by atoms with Crippen molar-refractivity contribution in [2.24, 2.45) is 5.92 Å². The Morgan fingerprint density at radius 3 is 2.65 bits per heavy atom. The number of nitrogens with zero attached hydrogens (tertiary/aromatic N) is 3. The van der Waals surface area contributed by atoms with Crippen LogP contribution in [0.5, 0.6) is 11.6 Å². The van der Waals surface area contributed by atoms with Crippen LogP contribution in [0.15, 0.2) is 36.5 Å². The molecule has 1 amide bonds. The van der Waals surface area contributed by atoms with Gasteiger partial charge in [-0.15, -0.1) is 0 Å². The first-order valence-corrected chi connectivity index (χ1v) is 11.4. The van der Waals surface area contributed by atoms with Crippen LogP contribution in [0.3, 0.4) is 0 Å². The van der Waals surface area contributed by atoms with E-state index in [2.05, 4.69) is 28.1 Å². The summed E-state index contributed by atoms with van der Waals surface area (Å²) >= 11 is 0. The summed E-state index contributed by atoms with van der Waals surface area (Å²) in [5.41, 5.74) is 3.25. The summed E-state index contributed by atoms with van der Waals surface area (Å²) in [6.45, 7) is 4.46. The number of carbonyl (C=O) groups is 1. The lowest BCUT2D eigenvalue weighted by Crippen LogP contribution is -2.24. The number of rotatable bonds is 7. The lowest BCUT2D eigenvalue weighted by atomic mass is 10.0. The van der Waals surface area contributed by atoms with Crippen molar-refractivity contribution in [1.82, 2.24) is 14.8 Å². The molecule has 1 aromatic carbocycles. The number of pyridine rings is 1. The molecule has 6 heteroatoms. The van der Waals surface area contributed by atoms with E-state index in [0.717, 1.165) is 43.1 Å². The van der Waals surface area contributed by atoms with Crippen LogP contribution >= 0.6 is 0 Å². The lowest BCUT2D eigenvalue weighted by molar-refractivity contribution is -0.126. The molecule has 2 aliphatic rings. The van der Waals surface area contributed by atoms with Crippen molar-refractivity contribution < 1.29 is 14.3 Å². The summed E-state index contributed by atoms with van der Waals surface area (Å²) in [4.78, 5) is 20.6. The van der Waals surface area contributed by atoms with Gasteiger partial charge in [-0.3, -0.25) is 9.69 Å². The predicted octanol–water partition coefficient (Wildman–Crippen LogP) is 3.99. The Morgan fingerprint density at radius 2 is 1.94 bits per heavy atom. The molecule has 1 aromatic heterocycles. The van der Waals surface area contributed by atoms with Crippen molar-refractivity contribution in [3.8, 4) is 22.8 Å². The monoisotopic (exact) mass is 423 g/mol. The van der Waals surface area contributed by atoms with Crippen LogP contribution in [-0.4, -0.2) is 61.1 Å². The molecule has 2 aromatic rings. The minimum atomic E-state index is 0.206. The molecule has 6 nitrogen and oxygen atoms in total. The van der Waals surface area contributed by atoms with Crippen LogP contribution in [0, 0.1) is 5.92 Å². The van der Waals surface area contributed by atoms with Gasteiger partial charge in [-0.25, -0.2) is 4.98 Å². The van der Waals surface area contributed by atoms with Gasteiger partial charge in [0.05, 0.1) is 13.7 Å². The molecule has 31 heavy (non-hydrogen) atoms. The van der Waals surface area contributed by atoms with Crippen LogP contribution < -0.4 is 9.47 Å². The van der Waals surface area contributed by atoms with Gasteiger partial charge in [0.25, 0.3) is 0 Å². The number of ether oxygens (including phenoxy) is 2. The summed E-state index contributed by atoms with van der Waals surface area (Å²) < 4.78 is 11.8. The maximum absolute atomic E-state index is 11.9. The van der Waals surface area contributed by atoms with Crippen molar-refractivity contribution in [2.45, 2.75) is 38.6 Å². The highest BCUT2D eigenvalue weighted by Gasteiger charge is 2.27. The summed E-state index contributed by atoms with van der Waals surface area (Å²) in [5, 5.41) is 0. The Labute approximate surface area is 185 Å². The number of amides is 1. The fraction of sp³-hybridized carbons (Fsp3) is 0.520. The van der Waals surface area contributed by atoms with Gasteiger partial charge >= 0.3 is 0 Å². The molecular weight excluding hydrogens is 390 g/mol. The van der Waals surface area contributed by atoms with E-state index in [1.165, 1.54) is 31.2 Å². The van der Waals surface area contributed by atoms with Gasteiger partial charge in [-0.2, -0.15) is 0 Å². The van der Waals surface area contributed by atoms with E-state index in [-0.39, 0.29) is 11.8 Å². The van der Waals surface area contributed by atoms with Gasteiger partial charge < -0.3 is 14.4 Å². The number of carbonyl (C=O) groups excluding carboxylic acids is 1. The number of benzene rings is 1. The van der Waals surface area contributed by atoms with Crippen LogP contribution in [0.25, 0.3) is 11.1 Å². The van der Waals surface area contributed by atoms with Crippen LogP contribution in [-0.2, 0) is 11.3 Å². The molecule has 0 N–H and O–H groups in total. The van der Waals surface area contributed by atoms with Crippen LogP contribution in [0.2, 0.25) is 0 Å². The van der Waals surface area contributed by atoms with Crippen molar-refractivity contribution >= 4 is 5.91 Å². The number of methoxy groups -OCH3 is 1. The molecule has 1 atom stereocenters. The Bertz CT molecular complexity index is 893. The molecule has 0 bridgehead atoms. The van der Waals surface area contributed by atoms with E-state index in [1.54, 1.807) is 18.2 Å². The Hall–Kier alpha value is -2.60. The van der Waals surface area contributed by atoms with Gasteiger partial charge in [0.2, 0.25) is 11.8 Å². The van der Waals surface area contributed by atoms with E-state index >= 15 is 0 Å². The zero-order valence-corrected chi connectivity index (χ0v) is 18.7. The van der Waals surface area contributed by atoms with E-state index in [0.29, 0.717) is 18.9 Å². The minimum Gasteiger partial charge on any atom is -0.493 e. The second-order valence-electron chi connectivity index (χ2n) is 8.73. The molecular formula is C25H33N3O3. The highest BCUT2D eigenvalue weighted by Crippen LogP contribution is 2.33. The highest BCUT2D eigenvalue weighted by molar-refractivity contribution is 5.78. The summed E-state index contributed by atoms with van der Waals surface area (Å²) in [7, 11) is 3.52. The van der Waals surface area contributed by atoms with Crippen molar-refractivity contribution in [2.75, 3.05) is 40.4 Å². The standard InChI is InChI=1S/C25H33N3O3/c1-27-16-19(14-24(27)29)18-31-23-10-9-20(22-8-7-11-26-25(22)30-2)15-21(23)17-28-12-5-3-4-6-13-28/h7-11,15,19H,3-6,12-14,16-18H2,1-2H3. The first kappa shape index (κ1) is 21.6. The van der Waals surface area contributed by atoms with Crippen molar-refractivity contribution in [3.63, 3.8) is 0 Å². The van der Waals surface area contributed by atoms with Crippen LogP contribution in [0.1, 0.15) is 37.7 Å². The zero-order chi connectivity index (χ0) is 21.6. The first-order chi connectivity index (χ1) is 15.1. The predicted molar refractivity (Wildman–Crippen MR) is 121 cm³/mol. The summed E-state index contributed by atoms with van der Waals surface area (Å²) in [6.07, 6.45) is 7.46. The van der Waals surface area contributed by atoms with Gasteiger partial charge in [-0.1, -0.05) is 18.9 Å². The van der Waals surface area contributed by atoms with Gasteiger partial charge in [0.1, 0.15) is 5.75 Å². The number of likely N-dealkylation sites (tertiary alicyclic amines) is 2. The average Bonchev–Trinajstić information content (AvgIpc) is 2.96. The number of hydrogen-bond acceptors (Lipinski definition) is 5. The van der Waals surface area contributed by atoms with Gasteiger partial charge in [-0.05, 0) is 55.8 Å². The largest absolute Gasteiger partial charge is 0.493 e. The third-order valence-corrected chi connectivity index (χ3v) is 6.32. The van der Waals surface area contributed by atoms with Crippen molar-refractivity contribution in [1.29, 1.82) is 0 Å². The molecule has 1 unspecified atom stereocenters. The summed E-state index contributed by atoms with van der Waals surface area (Å²) in [5.74, 6) is 2.00. The molecule has 0 aliphatic carbocycles. The molecule has 0 radical (unpaired) electrons. The Balaban J connectivity index is 1.57. The zero-order valence-electron chi connectivity index (χ0n) is 18.7. The molecule has 4 rings (SSSR count). The molecule has 2 aliphatic heterocycles. The molecule has 2 saturated heterocycles. The average molecular weight is 424 g/mol. The van der Waals surface area contributed by atoms with E-state index in [9.17, 15) is 4.79 Å². The normalized spacial score (nSPS) is 20.0. The number of hydrogen-bond donors (Lipinski definition) is 0. The quantitative estimate of drug-likeness (QED) is 0.674. The topological polar surface area (TPSA) is 54.9 Å². The lowest BCUT2D eigenvalue weighted by Gasteiger charge is -2.23. The Morgan fingerprint density at radius 1 is 1.13 bits per heavy atom. The van der Waals surface area contributed by atoms with Crippen molar-refractivity contribution in [3.05, 3.63) is 42.1 Å². The molecule has 2 fully saturated rings. The Kier molecular flexibility index (Phi) is 7.07. The molecule has 0 spiro atoms. The number of aromatic nitrogens is 1. The fourth-order valence-electron chi connectivity index (χ4n) is 4.60. The molecule has 3 heterocycles. The highest BCUT2D eigenvalue weighted by atomic mass is 16.5. The third-order valence-electron chi connectivity index (χ3n) is 6.32. The van der Waals surface area contributed by atoms with E-state index in [4.69, 9.17) is 9.47 Å². The third kappa shape index (κ3) is 5.37. The minimum absolute atomic E-state index is 0.206. The smallest absolute Gasteiger partial charge is 0.222 e. The van der Waals surface area contributed by atoms with Gasteiger partial charge in [0.15, 0.2) is 0 Å². The molecule has 0 saturated carbocycles. The maximum Gasteiger partial charge on any atom is 0.222 e. The first-order valence-electron chi connectivity index (χ1n) is 11.4. The summed E-state index contributed by atoms with van der Waals surface area (Å²) in [6, 6.07) is 10.3. The van der Waals surface area contributed by atoms with Crippen LogP contribution in [0.4, 0.5) is 0 Å². The maximum atomic E-state index is 11.9. The second kappa shape index (κ2) is 10.1. The SMILES string of the molecule is COc1ncccc1-c1ccc(OCC2CC(=O)N(C)C2)c(CN2CCCCCC2)c1. The second-order valence-corrected chi connectivity index (χ2v) is 8.73. The fourth-order valence-corrected chi connectivity index (χ4v) is 4.60.